The lowest BCUT2D eigenvalue weighted by atomic mass is 9.89. The molecule has 0 amide bonds. The van der Waals surface area contributed by atoms with Crippen LogP contribution < -0.4 is 9.46 Å². The summed E-state index contributed by atoms with van der Waals surface area (Å²) in [6.07, 6.45) is 1.66. The zero-order chi connectivity index (χ0) is 24.2. The fraction of sp³-hybridized carbons (Fsp3) is 0.370. The highest BCUT2D eigenvalue weighted by atomic mass is 32.2. The lowest BCUT2D eigenvalue weighted by Gasteiger charge is -2.23. The van der Waals surface area contributed by atoms with Gasteiger partial charge in [0.05, 0.1) is 4.90 Å². The van der Waals surface area contributed by atoms with Crippen LogP contribution in [0.4, 0.5) is 0 Å². The maximum atomic E-state index is 13.6. The highest BCUT2D eigenvalue weighted by Crippen LogP contribution is 2.35. The Kier molecular flexibility index (Phi) is 7.92. The van der Waals surface area contributed by atoms with E-state index in [1.807, 2.05) is 64.1 Å². The third-order valence-electron chi connectivity index (χ3n) is 5.57. The molecule has 0 radical (unpaired) electrons. The molecule has 1 heterocycles. The van der Waals surface area contributed by atoms with Crippen LogP contribution in [-0.2, 0) is 16.6 Å². The number of sulfonamides is 1. The molecule has 3 aromatic rings. The second-order valence-electron chi connectivity index (χ2n) is 9.23. The molecule has 1 aromatic heterocycles. The first-order valence-corrected chi connectivity index (χ1v) is 12.9. The fourth-order valence-corrected chi connectivity index (χ4v) is 5.41. The Bertz CT molecular complexity index is 1160. The van der Waals surface area contributed by atoms with Crippen LogP contribution in [0, 0.1) is 0 Å². The molecule has 176 valence electrons. The average molecular weight is 467 g/mol. The number of rotatable bonds is 9. The maximum absolute atomic E-state index is 13.6. The quantitative estimate of drug-likeness (QED) is 0.380. The van der Waals surface area contributed by atoms with Crippen LogP contribution >= 0.6 is 0 Å². The molecule has 0 aliphatic heterocycles. The minimum Gasteiger partial charge on any atom is -0.439 e. The number of ether oxygens (including phenoxy) is 1. The highest BCUT2D eigenvalue weighted by molar-refractivity contribution is 7.89. The van der Waals surface area contributed by atoms with Crippen LogP contribution in [-0.4, -0.2) is 13.4 Å². The van der Waals surface area contributed by atoms with E-state index in [1.165, 1.54) is 5.56 Å². The molecule has 0 saturated heterocycles. The topological polar surface area (TPSA) is 68.3 Å². The fourth-order valence-electron chi connectivity index (χ4n) is 3.70. The van der Waals surface area contributed by atoms with E-state index in [0.717, 1.165) is 16.7 Å². The van der Waals surface area contributed by atoms with E-state index in [4.69, 9.17) is 4.74 Å². The van der Waals surface area contributed by atoms with Crippen molar-refractivity contribution in [1.82, 2.24) is 9.71 Å². The molecule has 0 saturated carbocycles. The third kappa shape index (κ3) is 6.21. The van der Waals surface area contributed by atoms with Crippen molar-refractivity contribution >= 4 is 10.0 Å². The summed E-state index contributed by atoms with van der Waals surface area (Å²) in [5.74, 6) is 1.60. The van der Waals surface area contributed by atoms with Gasteiger partial charge >= 0.3 is 0 Å². The molecule has 0 unspecified atom stereocenters. The molecular formula is C27H34N2O3S. The van der Waals surface area contributed by atoms with Crippen LogP contribution in [0.2, 0.25) is 0 Å². The Hall–Kier alpha value is -2.70. The maximum Gasteiger partial charge on any atom is 0.241 e. The minimum absolute atomic E-state index is 0.0860. The lowest BCUT2D eigenvalue weighted by Crippen LogP contribution is -2.26. The second-order valence-corrected chi connectivity index (χ2v) is 10.9. The zero-order valence-electron chi connectivity index (χ0n) is 20.3. The van der Waals surface area contributed by atoms with Crippen molar-refractivity contribution in [1.29, 1.82) is 0 Å². The smallest absolute Gasteiger partial charge is 0.241 e. The van der Waals surface area contributed by atoms with Gasteiger partial charge in [-0.05, 0) is 58.2 Å². The van der Waals surface area contributed by atoms with E-state index in [9.17, 15) is 8.42 Å². The van der Waals surface area contributed by atoms with E-state index >= 15 is 0 Å². The van der Waals surface area contributed by atoms with Gasteiger partial charge in [-0.1, -0.05) is 71.9 Å². The van der Waals surface area contributed by atoms with Gasteiger partial charge < -0.3 is 4.74 Å². The van der Waals surface area contributed by atoms with E-state index in [0.29, 0.717) is 22.4 Å². The van der Waals surface area contributed by atoms with Crippen LogP contribution in [0.3, 0.4) is 0 Å². The molecule has 3 rings (SSSR count). The van der Waals surface area contributed by atoms with Gasteiger partial charge in [0.15, 0.2) is 0 Å². The molecule has 0 spiro atoms. The first kappa shape index (κ1) is 24.9. The molecule has 0 fully saturated rings. The normalized spacial score (nSPS) is 12.0. The Labute approximate surface area is 198 Å². The van der Waals surface area contributed by atoms with Crippen molar-refractivity contribution in [2.75, 3.05) is 0 Å². The van der Waals surface area contributed by atoms with Crippen molar-refractivity contribution in [3.05, 3.63) is 83.0 Å². The van der Waals surface area contributed by atoms with Gasteiger partial charge in [-0.3, -0.25) is 0 Å². The van der Waals surface area contributed by atoms with Crippen molar-refractivity contribution in [2.24, 2.45) is 0 Å². The van der Waals surface area contributed by atoms with Gasteiger partial charge in [0.2, 0.25) is 15.9 Å². The number of hydrogen-bond acceptors (Lipinski definition) is 4. The summed E-state index contributed by atoms with van der Waals surface area (Å²) in [6, 6.07) is 16.9. The van der Waals surface area contributed by atoms with Crippen LogP contribution in [0.15, 0.2) is 65.7 Å². The molecule has 0 aliphatic carbocycles. The summed E-state index contributed by atoms with van der Waals surface area (Å²) < 4.78 is 35.7. The van der Waals surface area contributed by atoms with Crippen molar-refractivity contribution in [2.45, 2.75) is 70.7 Å². The largest absolute Gasteiger partial charge is 0.439 e. The number of benzene rings is 2. The molecule has 1 N–H and O–H groups in total. The molecule has 2 aromatic carbocycles. The molecule has 0 aliphatic rings. The number of nitrogens with zero attached hydrogens (tertiary/aromatic N) is 1. The monoisotopic (exact) mass is 466 g/mol. The summed E-state index contributed by atoms with van der Waals surface area (Å²) in [6.45, 7) is 12.6. The number of aromatic nitrogens is 1. The first-order chi connectivity index (χ1) is 15.6. The van der Waals surface area contributed by atoms with Gasteiger partial charge in [0.1, 0.15) is 5.75 Å². The Morgan fingerprint density at radius 3 is 2.06 bits per heavy atom. The Balaban J connectivity index is 1.90. The standard InChI is InChI=1S/C27H34N2O3S/c1-18(2)22-15-24(19(3)4)27(25(16-22)20(5)6)33(30,31)29-17-21-10-9-11-23(14-21)32-26-12-7-8-13-28-26/h7-16,18-20,29H,17H2,1-6H3. The summed E-state index contributed by atoms with van der Waals surface area (Å²) in [4.78, 5) is 4.58. The lowest BCUT2D eigenvalue weighted by molar-refractivity contribution is 0.462. The second kappa shape index (κ2) is 10.5. The first-order valence-electron chi connectivity index (χ1n) is 11.4. The van der Waals surface area contributed by atoms with Gasteiger partial charge in [0, 0.05) is 18.8 Å². The van der Waals surface area contributed by atoms with Crippen molar-refractivity contribution in [3.63, 3.8) is 0 Å². The predicted octanol–water partition coefficient (Wildman–Crippen LogP) is 6.72. The summed E-state index contributed by atoms with van der Waals surface area (Å²) >= 11 is 0. The summed E-state index contributed by atoms with van der Waals surface area (Å²) in [7, 11) is -3.73. The van der Waals surface area contributed by atoms with Crippen LogP contribution in [0.25, 0.3) is 0 Å². The van der Waals surface area contributed by atoms with Gasteiger partial charge in [-0.2, -0.15) is 0 Å². The molecular weight excluding hydrogens is 432 g/mol. The van der Waals surface area contributed by atoms with Gasteiger partial charge in [-0.25, -0.2) is 18.1 Å². The average Bonchev–Trinajstić information content (AvgIpc) is 2.77. The molecule has 0 bridgehead atoms. The van der Waals surface area contributed by atoms with Gasteiger partial charge in [0.25, 0.3) is 0 Å². The van der Waals surface area contributed by atoms with E-state index in [1.54, 1.807) is 12.3 Å². The Morgan fingerprint density at radius 1 is 0.848 bits per heavy atom. The number of pyridine rings is 1. The van der Waals surface area contributed by atoms with Crippen LogP contribution in [0.5, 0.6) is 11.6 Å². The van der Waals surface area contributed by atoms with E-state index in [2.05, 4.69) is 35.7 Å². The molecule has 5 nitrogen and oxygen atoms in total. The molecule has 33 heavy (non-hydrogen) atoms. The summed E-state index contributed by atoms with van der Waals surface area (Å²) in [5, 5.41) is 0. The van der Waals surface area contributed by atoms with Gasteiger partial charge in [-0.15, -0.1) is 0 Å². The number of nitrogens with one attached hydrogen (secondary N) is 1. The van der Waals surface area contributed by atoms with E-state index < -0.39 is 10.0 Å². The zero-order valence-corrected chi connectivity index (χ0v) is 21.1. The third-order valence-corrected chi connectivity index (χ3v) is 7.11. The summed E-state index contributed by atoms with van der Waals surface area (Å²) in [5.41, 5.74) is 3.71. The predicted molar refractivity (Wildman–Crippen MR) is 133 cm³/mol. The van der Waals surface area contributed by atoms with Crippen molar-refractivity contribution < 1.29 is 13.2 Å². The molecule has 0 atom stereocenters. The number of hydrogen-bond donors (Lipinski definition) is 1. The SMILES string of the molecule is CC(C)c1cc(C(C)C)c(S(=O)(=O)NCc2cccc(Oc3ccccn3)c2)c(C(C)C)c1. The Morgan fingerprint density at radius 2 is 1.52 bits per heavy atom. The van der Waals surface area contributed by atoms with Crippen molar-refractivity contribution in [3.8, 4) is 11.6 Å². The highest BCUT2D eigenvalue weighted by Gasteiger charge is 2.26. The van der Waals surface area contributed by atoms with Crippen LogP contribution in [0.1, 0.15) is 81.5 Å². The molecule has 6 heteroatoms. The van der Waals surface area contributed by atoms with E-state index in [-0.39, 0.29) is 18.4 Å². The minimum atomic E-state index is -3.73.